The van der Waals surface area contributed by atoms with Crippen LogP contribution in [0.1, 0.15) is 12.0 Å². The fourth-order valence-electron chi connectivity index (χ4n) is 0.950. The van der Waals surface area contributed by atoms with E-state index < -0.39 is 0 Å². The Balaban J connectivity index is 2.41. The standard InChI is InChI=1S/C10H13FO/c1-9-4-2-5-10(8-9)12-7-3-6-11/h2,4-5,8H,3,6-7H2,1H3. The van der Waals surface area contributed by atoms with Crippen LogP contribution in [0.4, 0.5) is 4.39 Å². The quantitative estimate of drug-likeness (QED) is 0.628. The minimum Gasteiger partial charge on any atom is -0.493 e. The lowest BCUT2D eigenvalue weighted by Crippen LogP contribution is -1.97. The summed E-state index contributed by atoms with van der Waals surface area (Å²) in [5.74, 6) is 0.823. The maximum absolute atomic E-state index is 11.7. The van der Waals surface area contributed by atoms with Gasteiger partial charge in [-0.2, -0.15) is 0 Å². The Bertz CT molecular complexity index is 235. The summed E-state index contributed by atoms with van der Waals surface area (Å²) in [6, 6.07) is 7.76. The summed E-state index contributed by atoms with van der Waals surface area (Å²) in [5.41, 5.74) is 1.16. The minimum absolute atomic E-state index is 0.314. The predicted octanol–water partition coefficient (Wildman–Crippen LogP) is 2.73. The molecule has 0 N–H and O–H groups in total. The molecular formula is C10H13FO. The van der Waals surface area contributed by atoms with Crippen molar-refractivity contribution in [2.75, 3.05) is 13.3 Å². The highest BCUT2D eigenvalue weighted by atomic mass is 19.1. The van der Waals surface area contributed by atoms with Crippen molar-refractivity contribution in [3.8, 4) is 5.75 Å². The summed E-state index contributed by atoms with van der Waals surface area (Å²) < 4.78 is 17.0. The lowest BCUT2D eigenvalue weighted by Gasteiger charge is -2.04. The topological polar surface area (TPSA) is 9.23 Å². The molecule has 0 saturated heterocycles. The molecule has 1 nitrogen and oxygen atoms in total. The molecule has 1 aromatic carbocycles. The largest absolute Gasteiger partial charge is 0.493 e. The van der Waals surface area contributed by atoms with Gasteiger partial charge in [0.25, 0.3) is 0 Å². The van der Waals surface area contributed by atoms with Gasteiger partial charge in [0, 0.05) is 6.42 Å². The van der Waals surface area contributed by atoms with Gasteiger partial charge in [-0.1, -0.05) is 12.1 Å². The third-order valence-electron chi connectivity index (χ3n) is 1.54. The van der Waals surface area contributed by atoms with Gasteiger partial charge in [0.05, 0.1) is 13.3 Å². The molecule has 0 amide bonds. The van der Waals surface area contributed by atoms with Gasteiger partial charge in [-0.05, 0) is 24.6 Å². The molecule has 0 unspecified atom stereocenters. The number of benzene rings is 1. The van der Waals surface area contributed by atoms with Crippen LogP contribution in [-0.4, -0.2) is 13.3 Å². The van der Waals surface area contributed by atoms with Crippen molar-refractivity contribution in [3.63, 3.8) is 0 Å². The highest BCUT2D eigenvalue weighted by Gasteiger charge is 1.92. The number of aryl methyl sites for hydroxylation is 1. The highest BCUT2D eigenvalue weighted by molar-refractivity contribution is 5.27. The Hall–Kier alpha value is -1.05. The molecule has 2 heteroatoms. The van der Waals surface area contributed by atoms with Gasteiger partial charge in [-0.15, -0.1) is 0 Å². The first-order valence-corrected chi connectivity index (χ1v) is 4.08. The van der Waals surface area contributed by atoms with Crippen LogP contribution < -0.4 is 4.74 Å². The van der Waals surface area contributed by atoms with Crippen LogP contribution >= 0.6 is 0 Å². The van der Waals surface area contributed by atoms with E-state index in [0.29, 0.717) is 13.0 Å². The van der Waals surface area contributed by atoms with E-state index in [1.807, 2.05) is 31.2 Å². The summed E-state index contributed by atoms with van der Waals surface area (Å²) >= 11 is 0. The zero-order chi connectivity index (χ0) is 8.81. The van der Waals surface area contributed by atoms with E-state index in [1.54, 1.807) is 0 Å². The summed E-state index contributed by atoms with van der Waals surface area (Å²) in [7, 11) is 0. The summed E-state index contributed by atoms with van der Waals surface area (Å²) in [5, 5.41) is 0. The molecule has 66 valence electrons. The van der Waals surface area contributed by atoms with Gasteiger partial charge < -0.3 is 4.74 Å². The molecule has 0 spiro atoms. The van der Waals surface area contributed by atoms with Crippen LogP contribution in [0.3, 0.4) is 0 Å². The zero-order valence-electron chi connectivity index (χ0n) is 7.22. The first kappa shape index (κ1) is 9.04. The monoisotopic (exact) mass is 168 g/mol. The Morgan fingerprint density at radius 1 is 1.42 bits per heavy atom. The second-order valence-corrected chi connectivity index (χ2v) is 2.71. The van der Waals surface area contributed by atoms with Crippen molar-refractivity contribution in [2.45, 2.75) is 13.3 Å². The lowest BCUT2D eigenvalue weighted by atomic mass is 10.2. The third-order valence-corrected chi connectivity index (χ3v) is 1.54. The van der Waals surface area contributed by atoms with Crippen LogP contribution in [-0.2, 0) is 0 Å². The van der Waals surface area contributed by atoms with Crippen molar-refractivity contribution in [2.24, 2.45) is 0 Å². The number of rotatable bonds is 4. The first-order valence-electron chi connectivity index (χ1n) is 4.08. The number of hydrogen-bond donors (Lipinski definition) is 0. The Morgan fingerprint density at radius 2 is 2.25 bits per heavy atom. The van der Waals surface area contributed by atoms with E-state index in [4.69, 9.17) is 4.74 Å². The second-order valence-electron chi connectivity index (χ2n) is 2.71. The number of alkyl halides is 1. The SMILES string of the molecule is Cc1cccc(OCCCF)c1. The molecule has 0 aromatic heterocycles. The van der Waals surface area contributed by atoms with Crippen LogP contribution in [0.2, 0.25) is 0 Å². The van der Waals surface area contributed by atoms with Crippen molar-refractivity contribution >= 4 is 0 Å². The van der Waals surface area contributed by atoms with E-state index in [-0.39, 0.29) is 6.67 Å². The maximum Gasteiger partial charge on any atom is 0.119 e. The maximum atomic E-state index is 11.7. The fourth-order valence-corrected chi connectivity index (χ4v) is 0.950. The average molecular weight is 168 g/mol. The summed E-state index contributed by atoms with van der Waals surface area (Å²) in [4.78, 5) is 0. The molecule has 12 heavy (non-hydrogen) atoms. The van der Waals surface area contributed by atoms with Crippen LogP contribution in [0.15, 0.2) is 24.3 Å². The van der Waals surface area contributed by atoms with Crippen molar-refractivity contribution in [1.29, 1.82) is 0 Å². The van der Waals surface area contributed by atoms with Crippen LogP contribution in [0.5, 0.6) is 5.75 Å². The van der Waals surface area contributed by atoms with E-state index in [9.17, 15) is 4.39 Å². The highest BCUT2D eigenvalue weighted by Crippen LogP contribution is 2.12. The molecule has 1 aromatic rings. The molecule has 0 aliphatic heterocycles. The molecule has 0 atom stereocenters. The van der Waals surface area contributed by atoms with Crippen LogP contribution in [0.25, 0.3) is 0 Å². The van der Waals surface area contributed by atoms with E-state index >= 15 is 0 Å². The first-order chi connectivity index (χ1) is 5.83. The average Bonchev–Trinajstić information content (AvgIpc) is 2.05. The predicted molar refractivity (Wildman–Crippen MR) is 47.3 cm³/mol. The molecule has 0 aliphatic carbocycles. The second kappa shape index (κ2) is 4.75. The Kier molecular flexibility index (Phi) is 3.58. The molecule has 0 aliphatic rings. The Labute approximate surface area is 72.2 Å². The van der Waals surface area contributed by atoms with Crippen molar-refractivity contribution in [1.82, 2.24) is 0 Å². The van der Waals surface area contributed by atoms with Gasteiger partial charge in [0.2, 0.25) is 0 Å². The lowest BCUT2D eigenvalue weighted by molar-refractivity contribution is 0.289. The number of halogens is 1. The zero-order valence-corrected chi connectivity index (χ0v) is 7.22. The molecule has 0 bridgehead atoms. The summed E-state index contributed by atoms with van der Waals surface area (Å²) in [6.45, 7) is 2.15. The normalized spacial score (nSPS) is 9.83. The van der Waals surface area contributed by atoms with Crippen molar-refractivity contribution < 1.29 is 9.13 Å². The fraction of sp³-hybridized carbons (Fsp3) is 0.400. The summed E-state index contributed by atoms with van der Waals surface area (Å²) in [6.07, 6.45) is 0.466. The number of hydrogen-bond acceptors (Lipinski definition) is 1. The molecule has 0 heterocycles. The third kappa shape index (κ3) is 2.91. The van der Waals surface area contributed by atoms with Crippen LogP contribution in [0, 0.1) is 6.92 Å². The van der Waals surface area contributed by atoms with Gasteiger partial charge in [0.1, 0.15) is 5.75 Å². The van der Waals surface area contributed by atoms with Gasteiger partial charge in [-0.25, -0.2) is 0 Å². The van der Waals surface area contributed by atoms with Gasteiger partial charge in [-0.3, -0.25) is 4.39 Å². The van der Waals surface area contributed by atoms with Gasteiger partial charge >= 0.3 is 0 Å². The molecule has 0 radical (unpaired) electrons. The van der Waals surface area contributed by atoms with Gasteiger partial charge in [0.15, 0.2) is 0 Å². The van der Waals surface area contributed by atoms with Crippen molar-refractivity contribution in [3.05, 3.63) is 29.8 Å². The van der Waals surface area contributed by atoms with E-state index in [2.05, 4.69) is 0 Å². The minimum atomic E-state index is -0.314. The Morgan fingerprint density at radius 3 is 2.92 bits per heavy atom. The molecule has 0 fully saturated rings. The molecule has 0 saturated carbocycles. The van der Waals surface area contributed by atoms with E-state index in [1.165, 1.54) is 0 Å². The smallest absolute Gasteiger partial charge is 0.119 e. The molecule has 1 rings (SSSR count). The number of ether oxygens (including phenoxy) is 1. The molecular weight excluding hydrogens is 155 g/mol. The van der Waals surface area contributed by atoms with E-state index in [0.717, 1.165) is 11.3 Å².